The monoisotopic (exact) mass is 530 g/mol. The van der Waals surface area contributed by atoms with Crippen molar-refractivity contribution in [2.45, 2.75) is 12.2 Å². The molecule has 2 aliphatic rings. The molecule has 202 valence electrons. The zero-order chi connectivity index (χ0) is 27.4. The summed E-state index contributed by atoms with van der Waals surface area (Å²) >= 11 is 0. The molecule has 4 nitrogen and oxygen atoms in total. The fraction of sp³-hybridized carbons (Fsp3) is 0.167. The van der Waals surface area contributed by atoms with E-state index in [1.165, 1.54) is 0 Å². The third-order valence-electron chi connectivity index (χ3n) is 6.45. The van der Waals surface area contributed by atoms with Gasteiger partial charge in [0.25, 0.3) is 0 Å². The Morgan fingerprint density at radius 3 is 1.43 bits per heavy atom. The van der Waals surface area contributed by atoms with Crippen molar-refractivity contribution in [3.05, 3.63) is 137 Å². The lowest BCUT2D eigenvalue weighted by Gasteiger charge is -2.09. The summed E-state index contributed by atoms with van der Waals surface area (Å²) in [6.45, 7) is 3.26. The summed E-state index contributed by atoms with van der Waals surface area (Å²) in [5, 5.41) is 10.7. The summed E-state index contributed by atoms with van der Waals surface area (Å²) in [7, 11) is 0. The summed E-state index contributed by atoms with van der Waals surface area (Å²) in [6, 6.07) is 34.2. The summed E-state index contributed by atoms with van der Waals surface area (Å²) < 4.78 is 15.1. The molecule has 0 radical (unpaired) electrons. The van der Waals surface area contributed by atoms with E-state index < -0.39 is 0 Å². The molecule has 4 aromatic carbocycles. The number of phenols is 1. The highest BCUT2D eigenvalue weighted by Gasteiger charge is 2.26. The molecule has 2 heterocycles. The Morgan fingerprint density at radius 1 is 0.550 bits per heavy atom. The molecule has 0 aliphatic carbocycles. The largest absolute Gasteiger partial charge is 0.507 e. The molecule has 0 spiro atoms. The Hall–Kier alpha value is -4.22. The maximum Gasteiger partial charge on any atom is 0.123 e. The van der Waals surface area contributed by atoms with Gasteiger partial charge in [-0.05, 0) is 33.9 Å². The fourth-order valence-corrected chi connectivity index (χ4v) is 4.05. The van der Waals surface area contributed by atoms with Crippen molar-refractivity contribution in [1.29, 1.82) is 0 Å². The lowest BCUT2D eigenvalue weighted by molar-refractivity contribution is 0.102. The van der Waals surface area contributed by atoms with Crippen LogP contribution in [0.4, 0.5) is 0 Å². The molecule has 2 aliphatic heterocycles. The van der Waals surface area contributed by atoms with Gasteiger partial charge in [-0.25, -0.2) is 0 Å². The summed E-state index contributed by atoms with van der Waals surface area (Å²) in [4.78, 5) is 0. The third-order valence-corrected chi connectivity index (χ3v) is 6.45. The minimum absolute atomic E-state index is 0.261. The Kier molecular flexibility index (Phi) is 9.74. The first-order valence-electron chi connectivity index (χ1n) is 13.6. The molecule has 2 saturated heterocycles. The first-order chi connectivity index (χ1) is 19.7. The van der Waals surface area contributed by atoms with Crippen LogP contribution in [0.1, 0.15) is 33.4 Å². The van der Waals surface area contributed by atoms with Crippen LogP contribution in [0.2, 0.25) is 0 Å². The molecule has 40 heavy (non-hydrogen) atoms. The van der Waals surface area contributed by atoms with E-state index in [2.05, 4.69) is 48.6 Å². The Balaban J connectivity index is 0.000000301. The molecule has 2 fully saturated rings. The molecule has 0 aromatic heterocycles. The Bertz CT molecular complexity index is 1410. The average Bonchev–Trinajstić information content (AvgIpc) is 3.94. The molecular weight excluding hydrogens is 496 g/mol. The second-order valence-corrected chi connectivity index (χ2v) is 9.68. The van der Waals surface area contributed by atoms with Gasteiger partial charge in [-0.3, -0.25) is 0 Å². The zero-order valence-corrected chi connectivity index (χ0v) is 22.4. The van der Waals surface area contributed by atoms with Crippen LogP contribution in [0, 0.1) is 0 Å². The number of hydrogen-bond acceptors (Lipinski definition) is 4. The van der Waals surface area contributed by atoms with E-state index >= 15 is 0 Å². The van der Waals surface area contributed by atoms with E-state index in [-0.39, 0.29) is 5.75 Å². The maximum absolute atomic E-state index is 10.7. The number of epoxide rings is 2. The van der Waals surface area contributed by atoms with Crippen LogP contribution in [0.15, 0.2) is 103 Å². The lowest BCUT2D eigenvalue weighted by Crippen LogP contribution is -2.06. The van der Waals surface area contributed by atoms with Gasteiger partial charge in [-0.1, -0.05) is 134 Å². The van der Waals surface area contributed by atoms with Crippen LogP contribution in [0.5, 0.6) is 5.75 Å². The van der Waals surface area contributed by atoms with Gasteiger partial charge in [-0.15, -0.1) is 0 Å². The van der Waals surface area contributed by atoms with Crippen molar-refractivity contribution in [3.63, 3.8) is 0 Å². The van der Waals surface area contributed by atoms with Gasteiger partial charge in [-0.2, -0.15) is 0 Å². The second-order valence-electron chi connectivity index (χ2n) is 9.68. The van der Waals surface area contributed by atoms with Crippen LogP contribution in [0.3, 0.4) is 0 Å². The molecule has 4 heteroatoms. The van der Waals surface area contributed by atoms with Crippen molar-refractivity contribution in [3.8, 4) is 5.75 Å². The van der Waals surface area contributed by atoms with Gasteiger partial charge in [0.05, 0.1) is 26.4 Å². The van der Waals surface area contributed by atoms with Crippen LogP contribution in [0.25, 0.3) is 36.5 Å². The van der Waals surface area contributed by atoms with Crippen molar-refractivity contribution >= 4 is 36.5 Å². The molecular formula is C36H34O4. The summed E-state index contributed by atoms with van der Waals surface area (Å²) in [5.41, 5.74) is 6.15. The van der Waals surface area contributed by atoms with E-state index in [0.717, 1.165) is 59.8 Å². The molecule has 4 aromatic rings. The van der Waals surface area contributed by atoms with Gasteiger partial charge < -0.3 is 19.3 Å². The van der Waals surface area contributed by atoms with Gasteiger partial charge in [0.15, 0.2) is 0 Å². The SMILES string of the molecule is C(OCC1CO1)C1CO1.Oc1ccc(C=Cc2ccccc2)c(C=Cc2ccccc2)c1C=Cc1ccccc1. The van der Waals surface area contributed by atoms with Gasteiger partial charge >= 0.3 is 0 Å². The van der Waals surface area contributed by atoms with Crippen LogP contribution in [-0.2, 0) is 14.2 Å². The zero-order valence-electron chi connectivity index (χ0n) is 22.4. The van der Waals surface area contributed by atoms with Gasteiger partial charge in [0.2, 0.25) is 0 Å². The van der Waals surface area contributed by atoms with Crippen molar-refractivity contribution in [2.24, 2.45) is 0 Å². The molecule has 0 saturated carbocycles. The first-order valence-corrected chi connectivity index (χ1v) is 13.6. The molecule has 0 amide bonds. The predicted octanol–water partition coefficient (Wildman–Crippen LogP) is 7.70. The predicted molar refractivity (Wildman–Crippen MR) is 165 cm³/mol. The number of ether oxygens (including phenoxy) is 3. The standard InChI is InChI=1S/C30H24O.C6H10O3/c31-30-23-20-27(19-16-24-10-4-1-5-11-24)28(21-17-25-12-6-2-7-13-25)29(30)22-18-26-14-8-3-9-15-26;1(5-3-8-5)7-2-6-4-9-6/h1-23,31H;5-6H,1-4H2. The highest BCUT2D eigenvalue weighted by Crippen LogP contribution is 2.30. The van der Waals surface area contributed by atoms with Crippen molar-refractivity contribution in [1.82, 2.24) is 0 Å². The lowest BCUT2D eigenvalue weighted by atomic mass is 9.96. The number of hydrogen-bond donors (Lipinski definition) is 1. The Labute approximate surface area is 236 Å². The summed E-state index contributed by atoms with van der Waals surface area (Å²) in [5.74, 6) is 0.261. The maximum atomic E-state index is 10.7. The number of rotatable bonds is 10. The molecule has 1 N–H and O–H groups in total. The Morgan fingerprint density at radius 2 is 0.975 bits per heavy atom. The van der Waals surface area contributed by atoms with Gasteiger partial charge in [0.1, 0.15) is 18.0 Å². The van der Waals surface area contributed by atoms with Crippen molar-refractivity contribution < 1.29 is 19.3 Å². The van der Waals surface area contributed by atoms with Crippen LogP contribution >= 0.6 is 0 Å². The molecule has 6 rings (SSSR count). The number of benzene rings is 4. The third kappa shape index (κ3) is 8.92. The quantitative estimate of drug-likeness (QED) is 0.169. The summed E-state index contributed by atoms with van der Waals surface area (Å²) in [6.07, 6.45) is 13.1. The second kappa shape index (κ2) is 14.2. The number of aromatic hydroxyl groups is 1. The minimum atomic E-state index is 0.261. The van der Waals surface area contributed by atoms with Gasteiger partial charge in [0, 0.05) is 5.56 Å². The van der Waals surface area contributed by atoms with E-state index in [4.69, 9.17) is 14.2 Å². The van der Waals surface area contributed by atoms with Crippen molar-refractivity contribution in [2.75, 3.05) is 26.4 Å². The van der Waals surface area contributed by atoms with E-state index in [0.29, 0.717) is 12.2 Å². The molecule has 0 bridgehead atoms. The first kappa shape index (κ1) is 27.4. The average molecular weight is 531 g/mol. The molecule has 2 unspecified atom stereocenters. The number of phenolic OH excluding ortho intramolecular Hbond substituents is 1. The molecule has 2 atom stereocenters. The smallest absolute Gasteiger partial charge is 0.123 e. The van der Waals surface area contributed by atoms with E-state index in [1.54, 1.807) is 6.07 Å². The van der Waals surface area contributed by atoms with E-state index in [1.807, 2.05) is 84.9 Å². The van der Waals surface area contributed by atoms with E-state index in [9.17, 15) is 5.11 Å². The van der Waals surface area contributed by atoms with Crippen LogP contribution in [-0.4, -0.2) is 43.7 Å². The minimum Gasteiger partial charge on any atom is -0.507 e. The highest BCUT2D eigenvalue weighted by atomic mass is 16.6. The topological polar surface area (TPSA) is 54.5 Å². The van der Waals surface area contributed by atoms with Crippen LogP contribution < -0.4 is 0 Å². The highest BCUT2D eigenvalue weighted by molar-refractivity contribution is 5.87. The normalized spacial score (nSPS) is 17.7. The fourth-order valence-electron chi connectivity index (χ4n) is 4.05.